The van der Waals surface area contributed by atoms with Crippen LogP contribution in [-0.2, 0) is 9.53 Å². The highest BCUT2D eigenvalue weighted by Crippen LogP contribution is 2.41. The zero-order valence-electron chi connectivity index (χ0n) is 17.1. The molecule has 1 aliphatic heterocycles. The first-order valence-electron chi connectivity index (χ1n) is 9.53. The van der Waals surface area contributed by atoms with Gasteiger partial charge in [0.2, 0.25) is 0 Å². The lowest BCUT2D eigenvalue weighted by molar-refractivity contribution is -0.385. The summed E-state index contributed by atoms with van der Waals surface area (Å²) in [6, 6.07) is 9.93. The van der Waals surface area contributed by atoms with Crippen molar-refractivity contribution in [2.45, 2.75) is 26.1 Å². The van der Waals surface area contributed by atoms with E-state index in [4.69, 9.17) is 4.74 Å². The molecule has 1 heterocycles. The maximum absolute atomic E-state index is 12.7. The third-order valence-electron chi connectivity index (χ3n) is 4.99. The molecule has 0 bridgehead atoms. The van der Waals surface area contributed by atoms with Gasteiger partial charge in [0.1, 0.15) is 12.2 Å². The Kier molecular flexibility index (Phi) is 6.42. The summed E-state index contributed by atoms with van der Waals surface area (Å²) in [7, 11) is 0. The lowest BCUT2D eigenvalue weighted by atomic mass is 9.92. The fourth-order valence-corrected chi connectivity index (χ4v) is 3.52. The monoisotopic (exact) mass is 441 g/mol. The zero-order chi connectivity index (χ0) is 23.4. The number of esters is 1. The quantitative estimate of drug-likeness (QED) is 0.293. The number of nitrogens with zero attached hydrogens (tertiary/aromatic N) is 4. The molecule has 32 heavy (non-hydrogen) atoms. The molecule has 0 amide bonds. The minimum atomic E-state index is -1.01. The molecular formula is C20H19N5O7. The van der Waals surface area contributed by atoms with E-state index < -0.39 is 28.0 Å². The molecule has 166 valence electrons. The van der Waals surface area contributed by atoms with E-state index in [-0.39, 0.29) is 23.6 Å². The Morgan fingerprint density at radius 3 is 1.97 bits per heavy atom. The first kappa shape index (κ1) is 22.3. The van der Waals surface area contributed by atoms with Crippen LogP contribution in [0.2, 0.25) is 0 Å². The summed E-state index contributed by atoms with van der Waals surface area (Å²) in [4.78, 5) is 45.5. The highest BCUT2D eigenvalue weighted by molar-refractivity contribution is 5.91. The van der Waals surface area contributed by atoms with Crippen molar-refractivity contribution in [3.63, 3.8) is 0 Å². The number of nitroso groups, excluding NO2 is 1. The Bertz CT molecular complexity index is 1080. The van der Waals surface area contributed by atoms with Crippen LogP contribution in [0.5, 0.6) is 0 Å². The number of carbonyl (C=O) groups excluding carboxylic acids is 1. The van der Waals surface area contributed by atoms with Gasteiger partial charge < -0.3 is 10.1 Å². The molecule has 2 aromatic carbocycles. The summed E-state index contributed by atoms with van der Waals surface area (Å²) in [5.74, 6) is -0.670. The predicted molar refractivity (Wildman–Crippen MR) is 112 cm³/mol. The second-order valence-electron chi connectivity index (χ2n) is 6.87. The summed E-state index contributed by atoms with van der Waals surface area (Å²) in [6.07, 6.45) is -0.855. The van der Waals surface area contributed by atoms with Crippen LogP contribution in [0, 0.1) is 25.1 Å². The molecule has 3 rings (SSSR count). The fourth-order valence-electron chi connectivity index (χ4n) is 3.52. The van der Waals surface area contributed by atoms with E-state index in [1.54, 1.807) is 13.8 Å². The van der Waals surface area contributed by atoms with E-state index >= 15 is 0 Å². The van der Waals surface area contributed by atoms with E-state index in [0.717, 1.165) is 5.01 Å². The third-order valence-corrected chi connectivity index (χ3v) is 4.99. The fraction of sp³-hybridized carbons (Fsp3) is 0.250. The highest BCUT2D eigenvalue weighted by Gasteiger charge is 2.41. The van der Waals surface area contributed by atoms with Crippen LogP contribution in [0.1, 0.15) is 37.2 Å². The van der Waals surface area contributed by atoms with E-state index in [0.29, 0.717) is 16.8 Å². The van der Waals surface area contributed by atoms with E-state index in [2.05, 4.69) is 10.6 Å². The van der Waals surface area contributed by atoms with Gasteiger partial charge in [-0.05, 0) is 49.2 Å². The highest BCUT2D eigenvalue weighted by atomic mass is 16.6. The summed E-state index contributed by atoms with van der Waals surface area (Å²) < 4.78 is 5.15. The molecule has 12 nitrogen and oxygen atoms in total. The van der Waals surface area contributed by atoms with Crippen molar-refractivity contribution in [1.29, 1.82) is 0 Å². The summed E-state index contributed by atoms with van der Waals surface area (Å²) in [5, 5.41) is 29.2. The number of carbonyl (C=O) groups is 1. The van der Waals surface area contributed by atoms with Gasteiger partial charge >= 0.3 is 5.97 Å². The van der Waals surface area contributed by atoms with Gasteiger partial charge in [-0.3, -0.25) is 20.2 Å². The van der Waals surface area contributed by atoms with Gasteiger partial charge in [-0.1, -0.05) is 0 Å². The predicted octanol–water partition coefficient (Wildman–Crippen LogP) is 3.67. The minimum absolute atomic E-state index is 0.100. The Hall–Kier alpha value is -4.35. The number of nitro groups is 2. The van der Waals surface area contributed by atoms with Gasteiger partial charge in [0.05, 0.1) is 27.3 Å². The van der Waals surface area contributed by atoms with Gasteiger partial charge in [-0.25, -0.2) is 9.80 Å². The van der Waals surface area contributed by atoms with Gasteiger partial charge in [0.15, 0.2) is 0 Å². The van der Waals surface area contributed by atoms with Crippen LogP contribution in [0.25, 0.3) is 0 Å². The number of benzene rings is 2. The number of rotatable bonds is 7. The molecule has 2 aromatic rings. The van der Waals surface area contributed by atoms with Crippen molar-refractivity contribution >= 4 is 17.3 Å². The molecule has 2 atom stereocenters. The first-order valence-corrected chi connectivity index (χ1v) is 9.53. The van der Waals surface area contributed by atoms with Crippen molar-refractivity contribution < 1.29 is 19.4 Å². The third kappa shape index (κ3) is 4.24. The molecule has 0 saturated heterocycles. The number of allylic oxidation sites excluding steroid dienone is 1. The van der Waals surface area contributed by atoms with E-state index in [1.807, 2.05) is 0 Å². The summed E-state index contributed by atoms with van der Waals surface area (Å²) in [6.45, 7) is 3.37. The van der Waals surface area contributed by atoms with Gasteiger partial charge in [-0.2, -0.15) is 0 Å². The SMILES string of the molecule is CCOC(=O)C1=C(C)N[C@@H](c2ccc([N+](=O)[O-])cc2)N(N=O)[C@H]1c1ccc([N+](=O)[O-])cc1. The van der Waals surface area contributed by atoms with Crippen LogP contribution in [0.3, 0.4) is 0 Å². The maximum Gasteiger partial charge on any atom is 0.338 e. The van der Waals surface area contributed by atoms with Crippen molar-refractivity contribution in [1.82, 2.24) is 10.3 Å². The second kappa shape index (κ2) is 9.20. The molecule has 1 N–H and O–H groups in total. The zero-order valence-corrected chi connectivity index (χ0v) is 17.1. The normalized spacial score (nSPS) is 18.0. The Labute approximate surface area is 181 Å². The number of nitro benzene ring substituents is 2. The van der Waals surface area contributed by atoms with E-state index in [9.17, 15) is 29.9 Å². The van der Waals surface area contributed by atoms with E-state index in [1.165, 1.54) is 48.5 Å². The number of non-ortho nitro benzene ring substituents is 2. The lowest BCUT2D eigenvalue weighted by Crippen LogP contribution is -2.44. The van der Waals surface area contributed by atoms with Gasteiger partial charge in [-0.15, -0.1) is 4.91 Å². The molecule has 0 fully saturated rings. The molecule has 12 heteroatoms. The smallest absolute Gasteiger partial charge is 0.338 e. The van der Waals surface area contributed by atoms with Gasteiger partial charge in [0.25, 0.3) is 11.4 Å². The van der Waals surface area contributed by atoms with Crippen molar-refractivity contribution in [2.24, 2.45) is 5.29 Å². The van der Waals surface area contributed by atoms with Crippen molar-refractivity contribution in [2.75, 3.05) is 6.61 Å². The van der Waals surface area contributed by atoms with Crippen molar-refractivity contribution in [3.8, 4) is 0 Å². The molecular weight excluding hydrogens is 422 g/mol. The Balaban J connectivity index is 2.12. The second-order valence-corrected chi connectivity index (χ2v) is 6.87. The molecule has 0 aromatic heterocycles. The van der Waals surface area contributed by atoms with Crippen LogP contribution in [0.15, 0.2) is 65.1 Å². The standard InChI is InChI=1S/C20H19N5O7/c1-3-32-20(26)17-12(2)21-19(14-6-10-16(11-7-14)25(30)31)23(22-27)18(17)13-4-8-15(9-5-13)24(28)29/h4-11,18-19,21H,3H2,1-2H3/t18-,19+/m0/s1. The van der Waals surface area contributed by atoms with Crippen molar-refractivity contribution in [3.05, 3.63) is 96.1 Å². The largest absolute Gasteiger partial charge is 0.463 e. The molecule has 0 aliphatic carbocycles. The van der Waals surface area contributed by atoms with Crippen LogP contribution >= 0.6 is 0 Å². The molecule has 0 unspecified atom stereocenters. The van der Waals surface area contributed by atoms with Gasteiger partial charge in [0, 0.05) is 30.0 Å². The number of hydrogen-bond acceptors (Lipinski definition) is 9. The Morgan fingerprint density at radius 1 is 1.03 bits per heavy atom. The molecule has 0 saturated carbocycles. The number of nitrogens with one attached hydrogen (secondary N) is 1. The molecule has 0 radical (unpaired) electrons. The first-order chi connectivity index (χ1) is 15.3. The van der Waals surface area contributed by atoms with Crippen LogP contribution in [0.4, 0.5) is 11.4 Å². The van der Waals surface area contributed by atoms with Crippen LogP contribution < -0.4 is 5.32 Å². The summed E-state index contributed by atoms with van der Waals surface area (Å²) >= 11 is 0. The Morgan fingerprint density at radius 2 is 1.53 bits per heavy atom. The number of ether oxygens (including phenoxy) is 1. The lowest BCUT2D eigenvalue weighted by Gasteiger charge is -2.40. The average molecular weight is 441 g/mol. The average Bonchev–Trinajstić information content (AvgIpc) is 2.78. The molecule has 1 aliphatic rings. The minimum Gasteiger partial charge on any atom is -0.463 e. The topological polar surface area (TPSA) is 157 Å². The number of hydrogen-bond donors (Lipinski definition) is 1. The van der Waals surface area contributed by atoms with Crippen LogP contribution in [-0.4, -0.2) is 27.4 Å². The molecule has 0 spiro atoms. The summed E-state index contributed by atoms with van der Waals surface area (Å²) in [5.41, 5.74) is 1.16. The maximum atomic E-state index is 12.7.